The fraction of sp³-hybridized carbons (Fsp3) is 0.238. The SMILES string of the molecule is CSC1=C(SC)SC(=C2C=CC3(C=C2)C=CC(=C2SC(SC)=C(SC)S2)C=C3)S1. The molecule has 0 radical (unpaired) electrons. The fourth-order valence-electron chi connectivity index (χ4n) is 2.93. The first kappa shape index (κ1) is 22.9. The molecular formula is C21H20S8. The molecule has 0 aromatic rings. The summed E-state index contributed by atoms with van der Waals surface area (Å²) in [6.45, 7) is 0. The van der Waals surface area contributed by atoms with Crippen LogP contribution < -0.4 is 0 Å². The van der Waals surface area contributed by atoms with Crippen LogP contribution in [0.5, 0.6) is 0 Å². The van der Waals surface area contributed by atoms with Crippen LogP contribution >= 0.6 is 94.1 Å². The summed E-state index contributed by atoms with van der Waals surface area (Å²) in [5.41, 5.74) is 2.56. The molecule has 0 aromatic carbocycles. The first-order valence-corrected chi connectivity index (χ1v) is 16.9. The number of rotatable bonds is 4. The highest BCUT2D eigenvalue weighted by Gasteiger charge is 2.28. The largest absolute Gasteiger partial charge is 0.121 e. The van der Waals surface area contributed by atoms with Crippen molar-refractivity contribution in [3.05, 3.63) is 85.2 Å². The molecule has 0 saturated carbocycles. The zero-order valence-corrected chi connectivity index (χ0v) is 22.9. The van der Waals surface area contributed by atoms with Gasteiger partial charge in [0.15, 0.2) is 0 Å². The summed E-state index contributed by atoms with van der Waals surface area (Å²) < 4.78 is 8.49. The van der Waals surface area contributed by atoms with Gasteiger partial charge in [0, 0.05) is 5.41 Å². The van der Waals surface area contributed by atoms with Gasteiger partial charge in [-0.2, -0.15) is 0 Å². The zero-order valence-electron chi connectivity index (χ0n) is 16.4. The molecule has 0 amide bonds. The minimum Gasteiger partial charge on any atom is -0.121 e. The Bertz CT molecular complexity index is 806. The summed E-state index contributed by atoms with van der Waals surface area (Å²) in [5, 5.41) is 0. The van der Waals surface area contributed by atoms with Crippen LogP contribution in [-0.2, 0) is 0 Å². The van der Waals surface area contributed by atoms with Gasteiger partial charge in [-0.15, -0.1) is 47.0 Å². The molecule has 0 nitrogen and oxygen atoms in total. The van der Waals surface area contributed by atoms with Crippen molar-refractivity contribution < 1.29 is 0 Å². The third-order valence-corrected chi connectivity index (χ3v) is 15.1. The van der Waals surface area contributed by atoms with E-state index >= 15 is 0 Å². The minimum atomic E-state index is -0.0911. The van der Waals surface area contributed by atoms with Gasteiger partial charge in [0.05, 0.1) is 25.4 Å². The Morgan fingerprint density at radius 1 is 0.517 bits per heavy atom. The number of hydrogen-bond acceptors (Lipinski definition) is 8. The molecule has 4 rings (SSSR count). The van der Waals surface area contributed by atoms with Gasteiger partial charge in [-0.05, 0) is 36.2 Å². The van der Waals surface area contributed by atoms with Gasteiger partial charge in [0.25, 0.3) is 0 Å². The molecule has 0 saturated heterocycles. The van der Waals surface area contributed by atoms with Gasteiger partial charge in [-0.1, -0.05) is 95.7 Å². The van der Waals surface area contributed by atoms with Crippen molar-refractivity contribution in [2.24, 2.45) is 5.41 Å². The molecule has 2 aliphatic carbocycles. The highest BCUT2D eigenvalue weighted by molar-refractivity contribution is 8.41. The van der Waals surface area contributed by atoms with E-state index in [2.05, 4.69) is 73.6 Å². The van der Waals surface area contributed by atoms with Crippen molar-refractivity contribution in [2.75, 3.05) is 25.0 Å². The fourth-order valence-corrected chi connectivity index (χ4v) is 12.9. The summed E-state index contributed by atoms with van der Waals surface area (Å²) >= 11 is 15.0. The normalized spacial score (nSPS) is 26.3. The Labute approximate surface area is 207 Å². The standard InChI is InChI=1S/C21H20S8/c1-22-17-18(23-2)27-15(26-17)13-5-9-21(10-6-13)11-7-14(8-12-21)16-28-19(24-3)20(25-4)29-16/h5-12H,1-4H3. The molecule has 29 heavy (non-hydrogen) atoms. The summed E-state index contributed by atoms with van der Waals surface area (Å²) in [5.74, 6) is 0. The minimum absolute atomic E-state index is 0.0911. The first-order valence-electron chi connectivity index (χ1n) is 8.73. The van der Waals surface area contributed by atoms with Gasteiger partial charge < -0.3 is 0 Å². The summed E-state index contributed by atoms with van der Waals surface area (Å²) in [7, 11) is 0. The summed E-state index contributed by atoms with van der Waals surface area (Å²) in [6.07, 6.45) is 27.1. The molecule has 2 aliphatic heterocycles. The van der Waals surface area contributed by atoms with Crippen LogP contribution in [0.25, 0.3) is 0 Å². The lowest BCUT2D eigenvalue weighted by atomic mass is 9.79. The summed E-state index contributed by atoms with van der Waals surface area (Å²) in [6, 6.07) is 0. The van der Waals surface area contributed by atoms with E-state index in [1.807, 2.05) is 94.1 Å². The third kappa shape index (κ3) is 4.90. The lowest BCUT2D eigenvalue weighted by Crippen LogP contribution is -2.13. The third-order valence-electron chi connectivity index (χ3n) is 4.49. The Kier molecular flexibility index (Phi) is 7.98. The van der Waals surface area contributed by atoms with E-state index in [-0.39, 0.29) is 5.41 Å². The highest BCUT2D eigenvalue weighted by atomic mass is 32.3. The molecule has 152 valence electrons. The number of allylic oxidation sites excluding steroid dienone is 10. The van der Waals surface area contributed by atoms with Crippen LogP contribution in [0.1, 0.15) is 0 Å². The van der Waals surface area contributed by atoms with Crippen molar-refractivity contribution >= 4 is 94.1 Å². The maximum absolute atomic E-state index is 2.33. The molecule has 0 atom stereocenters. The molecule has 8 heteroatoms. The molecule has 1 spiro atoms. The van der Waals surface area contributed by atoms with Gasteiger partial charge in [-0.25, -0.2) is 0 Å². The number of thioether (sulfide) groups is 8. The van der Waals surface area contributed by atoms with E-state index in [1.54, 1.807) is 0 Å². The zero-order chi connectivity index (χ0) is 20.4. The van der Waals surface area contributed by atoms with Gasteiger partial charge in [0.2, 0.25) is 0 Å². The quantitative estimate of drug-likeness (QED) is 0.349. The average molecular weight is 529 g/mol. The van der Waals surface area contributed by atoms with E-state index < -0.39 is 0 Å². The molecule has 0 N–H and O–H groups in total. The van der Waals surface area contributed by atoms with E-state index in [9.17, 15) is 0 Å². The maximum Gasteiger partial charge on any atom is 0.0657 e. The Hall–Kier alpha value is 0.720. The average Bonchev–Trinajstić information content (AvgIpc) is 3.38. The monoisotopic (exact) mass is 528 g/mol. The second kappa shape index (κ2) is 10.1. The smallest absolute Gasteiger partial charge is 0.0657 e. The van der Waals surface area contributed by atoms with Gasteiger partial charge in [0.1, 0.15) is 0 Å². The van der Waals surface area contributed by atoms with Crippen LogP contribution in [0.15, 0.2) is 85.2 Å². The van der Waals surface area contributed by atoms with E-state index in [0.717, 1.165) is 0 Å². The van der Waals surface area contributed by atoms with Crippen molar-refractivity contribution in [1.29, 1.82) is 0 Å². The topological polar surface area (TPSA) is 0 Å². The molecule has 0 fully saturated rings. The lowest BCUT2D eigenvalue weighted by molar-refractivity contribution is 0.802. The Balaban J connectivity index is 1.49. The predicted octanol–water partition coefficient (Wildman–Crippen LogP) is 9.31. The molecule has 2 heterocycles. The maximum atomic E-state index is 2.33. The van der Waals surface area contributed by atoms with Crippen LogP contribution in [0.3, 0.4) is 0 Å². The molecule has 4 aliphatic rings. The lowest BCUT2D eigenvalue weighted by Gasteiger charge is -2.26. The van der Waals surface area contributed by atoms with Crippen LogP contribution in [0, 0.1) is 5.41 Å². The molecule has 0 aromatic heterocycles. The van der Waals surface area contributed by atoms with Gasteiger partial charge in [-0.3, -0.25) is 0 Å². The van der Waals surface area contributed by atoms with Crippen molar-refractivity contribution in [1.82, 2.24) is 0 Å². The molecule has 0 unspecified atom stereocenters. The second-order valence-corrected chi connectivity index (χ2v) is 15.1. The van der Waals surface area contributed by atoms with Crippen LogP contribution in [0.2, 0.25) is 0 Å². The Morgan fingerprint density at radius 3 is 1.03 bits per heavy atom. The van der Waals surface area contributed by atoms with Crippen molar-refractivity contribution in [3.8, 4) is 0 Å². The second-order valence-electron chi connectivity index (χ2n) is 6.19. The van der Waals surface area contributed by atoms with E-state index in [0.29, 0.717) is 0 Å². The molecule has 0 bridgehead atoms. The Morgan fingerprint density at radius 2 is 0.793 bits per heavy atom. The van der Waals surface area contributed by atoms with Crippen LogP contribution in [0.4, 0.5) is 0 Å². The van der Waals surface area contributed by atoms with Crippen molar-refractivity contribution in [2.45, 2.75) is 0 Å². The van der Waals surface area contributed by atoms with Crippen LogP contribution in [-0.4, -0.2) is 25.0 Å². The predicted molar refractivity (Wildman–Crippen MR) is 152 cm³/mol. The molecular weight excluding hydrogens is 509 g/mol. The van der Waals surface area contributed by atoms with Gasteiger partial charge >= 0.3 is 0 Å². The van der Waals surface area contributed by atoms with E-state index in [4.69, 9.17) is 0 Å². The van der Waals surface area contributed by atoms with E-state index in [1.165, 1.54) is 36.6 Å². The van der Waals surface area contributed by atoms with Crippen molar-refractivity contribution in [3.63, 3.8) is 0 Å². The first-order chi connectivity index (χ1) is 14.1. The highest BCUT2D eigenvalue weighted by Crippen LogP contribution is 2.59. The summed E-state index contributed by atoms with van der Waals surface area (Å²) in [4.78, 5) is 0. The number of hydrogen-bond donors (Lipinski definition) is 0.